The van der Waals surface area contributed by atoms with Crippen molar-refractivity contribution in [3.63, 3.8) is 0 Å². The Kier molecular flexibility index (Phi) is 2.56. The molecule has 94 valence electrons. The van der Waals surface area contributed by atoms with E-state index in [4.69, 9.17) is 10.2 Å². The van der Waals surface area contributed by atoms with Crippen molar-refractivity contribution in [2.75, 3.05) is 5.73 Å². The van der Waals surface area contributed by atoms with Gasteiger partial charge in [-0.15, -0.1) is 0 Å². The summed E-state index contributed by atoms with van der Waals surface area (Å²) in [7, 11) is 0. The quantitative estimate of drug-likeness (QED) is 0.564. The summed E-state index contributed by atoms with van der Waals surface area (Å²) in [4.78, 5) is 12.2. The van der Waals surface area contributed by atoms with E-state index in [1.54, 1.807) is 12.1 Å². The number of fused-ring (bicyclic) bond motifs is 1. The van der Waals surface area contributed by atoms with Crippen LogP contribution < -0.4 is 5.73 Å². The summed E-state index contributed by atoms with van der Waals surface area (Å²) in [5.41, 5.74) is 6.23. The molecule has 0 saturated carbocycles. The minimum Gasteiger partial charge on any atom is -0.453 e. The number of nitrogen functional groups attached to an aromatic ring is 1. The Morgan fingerprint density at radius 1 is 1.11 bits per heavy atom. The number of rotatable bonds is 2. The molecule has 0 atom stereocenters. The Morgan fingerprint density at radius 2 is 1.89 bits per heavy atom. The van der Waals surface area contributed by atoms with E-state index < -0.39 is 5.82 Å². The number of carbonyl (C=O) groups excluding carboxylic acids is 1. The first kappa shape index (κ1) is 11.5. The monoisotopic (exact) mass is 255 g/mol. The number of hydrogen-bond donors (Lipinski definition) is 1. The van der Waals surface area contributed by atoms with Crippen molar-refractivity contribution in [3.05, 3.63) is 65.7 Å². The van der Waals surface area contributed by atoms with Gasteiger partial charge in [-0.1, -0.05) is 18.2 Å². The smallest absolute Gasteiger partial charge is 0.228 e. The number of benzene rings is 2. The zero-order chi connectivity index (χ0) is 13.4. The molecule has 3 aromatic rings. The predicted molar refractivity (Wildman–Crippen MR) is 70.5 cm³/mol. The largest absolute Gasteiger partial charge is 0.453 e. The highest BCUT2D eigenvalue weighted by atomic mass is 19.1. The summed E-state index contributed by atoms with van der Waals surface area (Å²) in [6, 6.07) is 12.9. The van der Waals surface area contributed by atoms with Crippen LogP contribution in [0.1, 0.15) is 16.1 Å². The van der Waals surface area contributed by atoms with Crippen molar-refractivity contribution in [1.82, 2.24) is 0 Å². The molecule has 0 unspecified atom stereocenters. The molecule has 0 radical (unpaired) electrons. The molecule has 19 heavy (non-hydrogen) atoms. The van der Waals surface area contributed by atoms with Gasteiger partial charge in [-0.3, -0.25) is 4.79 Å². The van der Waals surface area contributed by atoms with E-state index in [2.05, 4.69) is 0 Å². The highest BCUT2D eigenvalue weighted by Gasteiger charge is 2.15. The van der Waals surface area contributed by atoms with E-state index >= 15 is 0 Å². The highest BCUT2D eigenvalue weighted by Crippen LogP contribution is 2.22. The summed E-state index contributed by atoms with van der Waals surface area (Å²) in [6.07, 6.45) is 0. The lowest BCUT2D eigenvalue weighted by molar-refractivity contribution is 0.101. The highest BCUT2D eigenvalue weighted by molar-refractivity contribution is 6.09. The second-order valence-electron chi connectivity index (χ2n) is 4.21. The molecule has 0 aliphatic carbocycles. The molecule has 0 saturated heterocycles. The molecule has 0 bridgehead atoms. The molecule has 2 aromatic carbocycles. The molecule has 1 aromatic heterocycles. The third-order valence-electron chi connectivity index (χ3n) is 2.91. The lowest BCUT2D eigenvalue weighted by Crippen LogP contribution is -2.01. The fraction of sp³-hybridized carbons (Fsp3) is 0. The fourth-order valence-corrected chi connectivity index (χ4v) is 1.90. The second kappa shape index (κ2) is 4.24. The number of carbonyl (C=O) groups is 1. The van der Waals surface area contributed by atoms with E-state index in [-0.39, 0.29) is 22.8 Å². The van der Waals surface area contributed by atoms with Crippen LogP contribution in [0.3, 0.4) is 0 Å². The molecular weight excluding hydrogens is 245 g/mol. The molecular formula is C15H10FNO2. The Morgan fingerprint density at radius 3 is 2.63 bits per heavy atom. The minimum atomic E-state index is -0.609. The van der Waals surface area contributed by atoms with Crippen LogP contribution >= 0.6 is 0 Å². The van der Waals surface area contributed by atoms with E-state index in [0.717, 1.165) is 11.5 Å². The summed E-state index contributed by atoms with van der Waals surface area (Å²) in [5.74, 6) is -0.789. The number of anilines is 1. The van der Waals surface area contributed by atoms with Gasteiger partial charge in [0.1, 0.15) is 11.4 Å². The SMILES string of the molecule is Nc1ccc(C(=O)c2cc3ccccc3o2)cc1F. The Hall–Kier alpha value is -2.62. The molecule has 3 nitrogen and oxygen atoms in total. The summed E-state index contributed by atoms with van der Waals surface area (Å²) >= 11 is 0. The molecule has 0 amide bonds. The normalized spacial score (nSPS) is 10.8. The average Bonchev–Trinajstić information content (AvgIpc) is 2.85. The van der Waals surface area contributed by atoms with Gasteiger partial charge >= 0.3 is 0 Å². The van der Waals surface area contributed by atoms with Crippen LogP contribution in [0.15, 0.2) is 52.9 Å². The predicted octanol–water partition coefficient (Wildman–Crippen LogP) is 3.39. The van der Waals surface area contributed by atoms with Crippen LogP contribution in [0.25, 0.3) is 11.0 Å². The molecule has 1 heterocycles. The van der Waals surface area contributed by atoms with Crippen molar-refractivity contribution in [1.29, 1.82) is 0 Å². The van der Waals surface area contributed by atoms with Gasteiger partial charge in [-0.25, -0.2) is 4.39 Å². The van der Waals surface area contributed by atoms with E-state index in [1.807, 2.05) is 18.2 Å². The van der Waals surface area contributed by atoms with Gasteiger partial charge < -0.3 is 10.2 Å². The fourth-order valence-electron chi connectivity index (χ4n) is 1.90. The number of ketones is 1. The first-order chi connectivity index (χ1) is 9.15. The van der Waals surface area contributed by atoms with Gasteiger partial charge in [0.25, 0.3) is 0 Å². The van der Waals surface area contributed by atoms with E-state index in [0.29, 0.717) is 5.58 Å². The van der Waals surface area contributed by atoms with Crippen molar-refractivity contribution >= 4 is 22.4 Å². The van der Waals surface area contributed by atoms with Crippen molar-refractivity contribution in [2.45, 2.75) is 0 Å². The van der Waals surface area contributed by atoms with Gasteiger partial charge in [-0.05, 0) is 30.3 Å². The van der Waals surface area contributed by atoms with Gasteiger partial charge in [0.15, 0.2) is 5.76 Å². The van der Waals surface area contributed by atoms with Gasteiger partial charge in [-0.2, -0.15) is 0 Å². The van der Waals surface area contributed by atoms with Crippen molar-refractivity contribution in [2.24, 2.45) is 0 Å². The average molecular weight is 255 g/mol. The Balaban J connectivity index is 2.05. The van der Waals surface area contributed by atoms with Crippen LogP contribution in [0.5, 0.6) is 0 Å². The van der Waals surface area contributed by atoms with Crippen LogP contribution in [0, 0.1) is 5.82 Å². The van der Waals surface area contributed by atoms with Crippen LogP contribution in [0.4, 0.5) is 10.1 Å². The van der Waals surface area contributed by atoms with E-state index in [9.17, 15) is 9.18 Å². The number of halogens is 1. The van der Waals surface area contributed by atoms with Crippen molar-refractivity contribution in [3.8, 4) is 0 Å². The zero-order valence-electron chi connectivity index (χ0n) is 9.89. The number of hydrogen-bond acceptors (Lipinski definition) is 3. The molecule has 0 fully saturated rings. The minimum absolute atomic E-state index is 0.0150. The zero-order valence-corrected chi connectivity index (χ0v) is 9.89. The van der Waals surface area contributed by atoms with Crippen LogP contribution in [0.2, 0.25) is 0 Å². The maximum absolute atomic E-state index is 13.4. The second-order valence-corrected chi connectivity index (χ2v) is 4.21. The topological polar surface area (TPSA) is 56.2 Å². The Labute approximate surface area is 108 Å². The standard InChI is InChI=1S/C15H10FNO2/c16-11-7-10(5-6-12(11)17)15(18)14-8-9-3-1-2-4-13(9)19-14/h1-8H,17H2. The maximum atomic E-state index is 13.4. The van der Waals surface area contributed by atoms with E-state index in [1.165, 1.54) is 12.1 Å². The molecule has 0 aliphatic heterocycles. The molecule has 4 heteroatoms. The molecule has 3 rings (SSSR count). The van der Waals surface area contributed by atoms with Gasteiger partial charge in [0.2, 0.25) is 5.78 Å². The molecule has 0 spiro atoms. The molecule has 2 N–H and O–H groups in total. The maximum Gasteiger partial charge on any atom is 0.228 e. The first-order valence-electron chi connectivity index (χ1n) is 5.73. The number of furan rings is 1. The lowest BCUT2D eigenvalue weighted by atomic mass is 10.1. The number of para-hydroxylation sites is 1. The van der Waals surface area contributed by atoms with Crippen LogP contribution in [-0.2, 0) is 0 Å². The third-order valence-corrected chi connectivity index (χ3v) is 2.91. The van der Waals surface area contributed by atoms with Crippen LogP contribution in [-0.4, -0.2) is 5.78 Å². The lowest BCUT2D eigenvalue weighted by Gasteiger charge is -2.00. The summed E-state index contributed by atoms with van der Waals surface area (Å²) in [6.45, 7) is 0. The third kappa shape index (κ3) is 1.97. The van der Waals surface area contributed by atoms with Gasteiger partial charge in [0, 0.05) is 10.9 Å². The first-order valence-corrected chi connectivity index (χ1v) is 5.73. The van der Waals surface area contributed by atoms with Crippen molar-refractivity contribution < 1.29 is 13.6 Å². The molecule has 0 aliphatic rings. The Bertz CT molecular complexity index is 744. The summed E-state index contributed by atoms with van der Waals surface area (Å²) < 4.78 is 18.8. The van der Waals surface area contributed by atoms with Gasteiger partial charge in [0.05, 0.1) is 5.69 Å². The summed E-state index contributed by atoms with van der Waals surface area (Å²) in [5, 5.41) is 0.835. The number of nitrogens with two attached hydrogens (primary N) is 1.